The van der Waals surface area contributed by atoms with Crippen LogP contribution in [0.15, 0.2) is 24.4 Å². The van der Waals surface area contributed by atoms with Crippen LogP contribution in [-0.2, 0) is 16.1 Å². The molecule has 0 aliphatic rings. The van der Waals surface area contributed by atoms with E-state index in [0.717, 1.165) is 17.2 Å². The van der Waals surface area contributed by atoms with Crippen molar-refractivity contribution in [1.29, 1.82) is 0 Å². The maximum atomic E-state index is 14.2. The van der Waals surface area contributed by atoms with Gasteiger partial charge in [0.2, 0.25) is 5.91 Å². The third kappa shape index (κ3) is 4.01. The summed E-state index contributed by atoms with van der Waals surface area (Å²) in [7, 11) is 2.84. The van der Waals surface area contributed by atoms with Crippen LogP contribution in [0, 0.1) is 11.6 Å². The van der Waals surface area contributed by atoms with E-state index >= 15 is 0 Å². The average molecular weight is 375 g/mol. The molecule has 2 aromatic rings. The fourth-order valence-electron chi connectivity index (χ4n) is 2.21. The molecule has 4 nitrogen and oxygen atoms in total. The Balaban J connectivity index is 2.45. The van der Waals surface area contributed by atoms with Crippen molar-refractivity contribution in [3.63, 3.8) is 0 Å². The number of carbonyl (C=O) groups is 1. The predicted octanol–water partition coefficient (Wildman–Crippen LogP) is 4.29. The van der Waals surface area contributed by atoms with Gasteiger partial charge in [-0.3, -0.25) is 9.63 Å². The summed E-state index contributed by atoms with van der Waals surface area (Å²) in [4.78, 5) is 20.6. The van der Waals surface area contributed by atoms with Gasteiger partial charge < -0.3 is 0 Å². The molecule has 2 rings (SSSR count). The molecule has 1 aromatic heterocycles. The molecule has 1 aromatic carbocycles. The van der Waals surface area contributed by atoms with Crippen LogP contribution in [0.25, 0.3) is 11.1 Å². The lowest BCUT2D eigenvalue weighted by molar-refractivity contribution is -0.168. The minimum absolute atomic E-state index is 0.0574. The number of hydrogen-bond donors (Lipinski definition) is 0. The van der Waals surface area contributed by atoms with Crippen LogP contribution in [0.3, 0.4) is 0 Å². The average Bonchev–Trinajstić information content (AvgIpc) is 2.55. The first-order valence-corrected chi connectivity index (χ1v) is 7.69. The first-order chi connectivity index (χ1) is 11.3. The van der Waals surface area contributed by atoms with Crippen molar-refractivity contribution < 1.29 is 18.4 Å². The molecule has 1 heterocycles. The van der Waals surface area contributed by atoms with Gasteiger partial charge in [0.15, 0.2) is 0 Å². The predicted molar refractivity (Wildman–Crippen MR) is 87.7 cm³/mol. The van der Waals surface area contributed by atoms with E-state index in [0.29, 0.717) is 11.1 Å². The van der Waals surface area contributed by atoms with Gasteiger partial charge in [0.25, 0.3) is 0 Å². The zero-order valence-electron chi connectivity index (χ0n) is 12.9. The number of benzene rings is 1. The van der Waals surface area contributed by atoms with Crippen LogP contribution < -0.4 is 0 Å². The smallest absolute Gasteiger partial charge is 0.246 e. The monoisotopic (exact) mass is 374 g/mol. The quantitative estimate of drug-likeness (QED) is 0.579. The number of nitrogens with zero attached hydrogens (tertiary/aromatic N) is 2. The summed E-state index contributed by atoms with van der Waals surface area (Å²) < 4.78 is 27.3. The van der Waals surface area contributed by atoms with Gasteiger partial charge in [-0.05, 0) is 24.1 Å². The molecule has 128 valence electrons. The van der Waals surface area contributed by atoms with E-state index < -0.39 is 11.6 Å². The second kappa shape index (κ2) is 7.88. The number of hydrogen-bond acceptors (Lipinski definition) is 3. The number of rotatable bonds is 5. The van der Waals surface area contributed by atoms with Gasteiger partial charge in [0.05, 0.1) is 12.1 Å². The highest BCUT2D eigenvalue weighted by Crippen LogP contribution is 2.36. The number of halogens is 4. The van der Waals surface area contributed by atoms with E-state index in [-0.39, 0.29) is 34.5 Å². The van der Waals surface area contributed by atoms with E-state index in [4.69, 9.17) is 28.0 Å². The van der Waals surface area contributed by atoms with Crippen molar-refractivity contribution in [2.45, 2.75) is 12.8 Å². The Kier molecular flexibility index (Phi) is 6.10. The molecule has 0 radical (unpaired) electrons. The molecule has 24 heavy (non-hydrogen) atoms. The normalized spacial score (nSPS) is 10.8. The van der Waals surface area contributed by atoms with Crippen molar-refractivity contribution >= 4 is 29.1 Å². The number of pyridine rings is 1. The Labute approximate surface area is 147 Å². The minimum Gasteiger partial charge on any atom is -0.275 e. The van der Waals surface area contributed by atoms with Gasteiger partial charge in [-0.25, -0.2) is 18.8 Å². The third-order valence-corrected chi connectivity index (χ3v) is 4.11. The molecule has 0 saturated carbocycles. The van der Waals surface area contributed by atoms with Gasteiger partial charge >= 0.3 is 0 Å². The standard InChI is InChI=1S/C16H14Cl2F2N2O2/c1-22(24-2)14(23)6-5-11-15(12(17)8-21-16(11)18)10-4-3-9(19)7-13(10)20/h3-4,7-8H,5-6H2,1-2H3. The Hall–Kier alpha value is -1.76. The van der Waals surface area contributed by atoms with Crippen LogP contribution in [-0.4, -0.2) is 30.1 Å². The maximum absolute atomic E-state index is 14.2. The lowest BCUT2D eigenvalue weighted by Gasteiger charge is -2.16. The van der Waals surface area contributed by atoms with Gasteiger partial charge in [0.1, 0.15) is 16.8 Å². The lowest BCUT2D eigenvalue weighted by atomic mass is 9.98. The summed E-state index contributed by atoms with van der Waals surface area (Å²) in [6.45, 7) is 0. The Bertz CT molecular complexity index is 772. The Morgan fingerprint density at radius 3 is 2.67 bits per heavy atom. The number of amides is 1. The molecule has 0 saturated heterocycles. The first kappa shape index (κ1) is 18.6. The molecular formula is C16H14Cl2F2N2O2. The topological polar surface area (TPSA) is 42.4 Å². The molecule has 8 heteroatoms. The van der Waals surface area contributed by atoms with Crippen molar-refractivity contribution in [2.24, 2.45) is 0 Å². The van der Waals surface area contributed by atoms with Crippen molar-refractivity contribution in [3.8, 4) is 11.1 Å². The van der Waals surface area contributed by atoms with Crippen LogP contribution in [0.4, 0.5) is 8.78 Å². The fraction of sp³-hybridized carbons (Fsp3) is 0.250. The third-order valence-electron chi connectivity index (χ3n) is 3.50. The van der Waals surface area contributed by atoms with Crippen molar-refractivity contribution in [2.75, 3.05) is 14.2 Å². The summed E-state index contributed by atoms with van der Waals surface area (Å²) in [5.41, 5.74) is 0.794. The summed E-state index contributed by atoms with van der Waals surface area (Å²) in [6.07, 6.45) is 1.52. The highest BCUT2D eigenvalue weighted by atomic mass is 35.5. The highest BCUT2D eigenvalue weighted by Gasteiger charge is 2.19. The minimum atomic E-state index is -0.777. The zero-order chi connectivity index (χ0) is 17.9. The highest BCUT2D eigenvalue weighted by molar-refractivity contribution is 6.35. The Morgan fingerprint density at radius 2 is 2.04 bits per heavy atom. The molecule has 0 atom stereocenters. The second-order valence-corrected chi connectivity index (χ2v) is 5.71. The Morgan fingerprint density at radius 1 is 1.33 bits per heavy atom. The number of carbonyl (C=O) groups excluding carboxylic acids is 1. The van der Waals surface area contributed by atoms with Gasteiger partial charge in [-0.2, -0.15) is 0 Å². The van der Waals surface area contributed by atoms with Gasteiger partial charge in [-0.1, -0.05) is 23.2 Å². The molecule has 0 aliphatic heterocycles. The summed E-state index contributed by atoms with van der Waals surface area (Å²) in [5.74, 6) is -1.77. The molecule has 0 aliphatic carbocycles. The number of aromatic nitrogens is 1. The van der Waals surface area contributed by atoms with Crippen LogP contribution >= 0.6 is 23.2 Å². The SMILES string of the molecule is CON(C)C(=O)CCc1c(Cl)ncc(Cl)c1-c1ccc(F)cc1F. The van der Waals surface area contributed by atoms with Crippen molar-refractivity contribution in [1.82, 2.24) is 10.0 Å². The van der Waals surface area contributed by atoms with Crippen molar-refractivity contribution in [3.05, 3.63) is 51.8 Å². The van der Waals surface area contributed by atoms with E-state index in [1.54, 1.807) is 0 Å². The number of hydroxylamine groups is 2. The second-order valence-electron chi connectivity index (χ2n) is 4.95. The van der Waals surface area contributed by atoms with E-state index in [1.165, 1.54) is 26.4 Å². The largest absolute Gasteiger partial charge is 0.275 e. The molecule has 0 unspecified atom stereocenters. The molecular weight excluding hydrogens is 361 g/mol. The van der Waals surface area contributed by atoms with E-state index in [9.17, 15) is 13.6 Å². The van der Waals surface area contributed by atoms with Crippen LogP contribution in [0.5, 0.6) is 0 Å². The molecule has 0 spiro atoms. The summed E-state index contributed by atoms with van der Waals surface area (Å²) >= 11 is 12.3. The molecule has 1 amide bonds. The molecule has 0 fully saturated rings. The molecule has 0 N–H and O–H groups in total. The maximum Gasteiger partial charge on any atom is 0.246 e. The molecule has 0 bridgehead atoms. The fourth-order valence-corrected chi connectivity index (χ4v) is 2.71. The van der Waals surface area contributed by atoms with Gasteiger partial charge in [0, 0.05) is 36.9 Å². The summed E-state index contributed by atoms with van der Waals surface area (Å²) in [6, 6.07) is 3.15. The summed E-state index contributed by atoms with van der Waals surface area (Å²) in [5, 5.41) is 1.34. The lowest BCUT2D eigenvalue weighted by Crippen LogP contribution is -2.25. The van der Waals surface area contributed by atoms with Crippen LogP contribution in [0.1, 0.15) is 12.0 Å². The van der Waals surface area contributed by atoms with E-state index in [1.807, 2.05) is 0 Å². The van der Waals surface area contributed by atoms with Crippen LogP contribution in [0.2, 0.25) is 10.2 Å². The first-order valence-electron chi connectivity index (χ1n) is 6.94. The zero-order valence-corrected chi connectivity index (χ0v) is 14.5. The van der Waals surface area contributed by atoms with Gasteiger partial charge in [-0.15, -0.1) is 0 Å². The van der Waals surface area contributed by atoms with E-state index in [2.05, 4.69) is 4.98 Å².